The predicted molar refractivity (Wildman–Crippen MR) is 180 cm³/mol. The van der Waals surface area contributed by atoms with Crippen LogP contribution in [-0.4, -0.2) is 80.4 Å². The van der Waals surface area contributed by atoms with Crippen molar-refractivity contribution in [2.75, 3.05) is 68.0 Å². The van der Waals surface area contributed by atoms with Crippen LogP contribution < -0.4 is 15.1 Å². The molecule has 0 saturated carbocycles. The molecule has 2 aliphatic heterocycles. The average Bonchev–Trinajstić information content (AvgIpc) is 3.41. The van der Waals surface area contributed by atoms with Gasteiger partial charge in [0.1, 0.15) is 0 Å². The van der Waals surface area contributed by atoms with E-state index in [1.165, 1.54) is 0 Å². The lowest BCUT2D eigenvalue weighted by Gasteiger charge is -2.29. The molecular weight excluding hydrogens is 562 g/mol. The van der Waals surface area contributed by atoms with Gasteiger partial charge in [-0.2, -0.15) is 0 Å². The second-order valence-corrected chi connectivity index (χ2v) is 11.7. The SMILES string of the molecule is CN1CCCN(C(=O)CN2CCCN(C(=O)c3ccc(NC(=O)c4ccccc4-c4ccccc4)cc3)c3ccccc32)CC1. The van der Waals surface area contributed by atoms with Gasteiger partial charge >= 0.3 is 0 Å². The van der Waals surface area contributed by atoms with Crippen LogP contribution in [0.5, 0.6) is 0 Å². The second-order valence-electron chi connectivity index (χ2n) is 11.7. The molecule has 230 valence electrons. The molecule has 8 heteroatoms. The minimum atomic E-state index is -0.211. The lowest BCUT2D eigenvalue weighted by molar-refractivity contribution is -0.129. The van der Waals surface area contributed by atoms with Gasteiger partial charge in [-0.1, -0.05) is 60.7 Å². The molecule has 2 aliphatic rings. The molecule has 0 bridgehead atoms. The molecular formula is C37H39N5O3. The summed E-state index contributed by atoms with van der Waals surface area (Å²) < 4.78 is 0. The molecule has 0 unspecified atom stereocenters. The fourth-order valence-corrected chi connectivity index (χ4v) is 6.16. The second kappa shape index (κ2) is 13.8. The Bertz CT molecular complexity index is 1660. The van der Waals surface area contributed by atoms with Crippen LogP contribution in [0.25, 0.3) is 11.1 Å². The number of hydrogen-bond donors (Lipinski definition) is 1. The molecule has 4 aromatic carbocycles. The number of benzene rings is 4. The lowest BCUT2D eigenvalue weighted by atomic mass is 9.99. The largest absolute Gasteiger partial charge is 0.360 e. The van der Waals surface area contributed by atoms with Gasteiger partial charge in [0.15, 0.2) is 0 Å². The third kappa shape index (κ3) is 6.91. The molecule has 1 saturated heterocycles. The highest BCUT2D eigenvalue weighted by atomic mass is 16.2. The highest BCUT2D eigenvalue weighted by Crippen LogP contribution is 2.33. The molecule has 0 atom stereocenters. The smallest absolute Gasteiger partial charge is 0.258 e. The van der Waals surface area contributed by atoms with Gasteiger partial charge in [-0.25, -0.2) is 0 Å². The maximum absolute atomic E-state index is 13.9. The minimum Gasteiger partial charge on any atom is -0.360 e. The Balaban J connectivity index is 1.15. The van der Waals surface area contributed by atoms with E-state index in [4.69, 9.17) is 0 Å². The van der Waals surface area contributed by atoms with Crippen LogP contribution in [0, 0.1) is 0 Å². The first-order chi connectivity index (χ1) is 22.0. The maximum atomic E-state index is 13.9. The maximum Gasteiger partial charge on any atom is 0.258 e. The number of nitrogens with one attached hydrogen (secondary N) is 1. The van der Waals surface area contributed by atoms with E-state index in [0.717, 1.165) is 61.5 Å². The summed E-state index contributed by atoms with van der Waals surface area (Å²) in [6, 6.07) is 32.2. The number of para-hydroxylation sites is 2. The minimum absolute atomic E-state index is 0.113. The fraction of sp³-hybridized carbons (Fsp3) is 0.270. The van der Waals surface area contributed by atoms with Gasteiger partial charge in [0.25, 0.3) is 11.8 Å². The predicted octanol–water partition coefficient (Wildman–Crippen LogP) is 5.63. The zero-order valence-corrected chi connectivity index (χ0v) is 25.7. The van der Waals surface area contributed by atoms with Crippen molar-refractivity contribution >= 4 is 34.8 Å². The van der Waals surface area contributed by atoms with Crippen LogP contribution in [0.4, 0.5) is 17.1 Å². The molecule has 1 fully saturated rings. The van der Waals surface area contributed by atoms with Gasteiger partial charge in [-0.15, -0.1) is 0 Å². The van der Waals surface area contributed by atoms with E-state index in [-0.39, 0.29) is 17.7 Å². The Hall–Kier alpha value is -4.95. The average molecular weight is 602 g/mol. The topological polar surface area (TPSA) is 76.2 Å². The third-order valence-corrected chi connectivity index (χ3v) is 8.61. The van der Waals surface area contributed by atoms with E-state index in [1.807, 2.05) is 88.7 Å². The highest BCUT2D eigenvalue weighted by molar-refractivity contribution is 6.10. The first-order valence-electron chi connectivity index (χ1n) is 15.7. The first kappa shape index (κ1) is 30.1. The normalized spacial score (nSPS) is 15.5. The van der Waals surface area contributed by atoms with Crippen molar-refractivity contribution in [3.8, 4) is 11.1 Å². The van der Waals surface area contributed by atoms with Gasteiger partial charge in [0.2, 0.25) is 5.91 Å². The fourth-order valence-electron chi connectivity index (χ4n) is 6.16. The molecule has 0 aromatic heterocycles. The molecule has 45 heavy (non-hydrogen) atoms. The number of hydrogen-bond acceptors (Lipinski definition) is 5. The number of amides is 3. The van der Waals surface area contributed by atoms with E-state index in [9.17, 15) is 14.4 Å². The molecule has 2 heterocycles. The molecule has 4 aromatic rings. The monoisotopic (exact) mass is 601 g/mol. The summed E-state index contributed by atoms with van der Waals surface area (Å²) in [4.78, 5) is 48.6. The van der Waals surface area contributed by atoms with Crippen molar-refractivity contribution < 1.29 is 14.4 Å². The number of rotatable bonds is 6. The standard InChI is InChI=1S/C37H39N5O3/c1-39-21-9-22-40(26-25-39)35(43)27-41-23-10-24-42(34-16-8-7-15-33(34)41)37(45)29-17-19-30(20-18-29)38-36(44)32-14-6-5-13-31(32)28-11-3-2-4-12-28/h2-8,11-20H,9-10,21-27H2,1H3,(H,38,44). The Morgan fingerprint density at radius 2 is 1.36 bits per heavy atom. The molecule has 1 N–H and O–H groups in total. The number of anilines is 3. The molecule has 0 radical (unpaired) electrons. The Kier molecular flexibility index (Phi) is 9.22. The molecule has 0 spiro atoms. The summed E-state index contributed by atoms with van der Waals surface area (Å²) in [7, 11) is 2.10. The van der Waals surface area contributed by atoms with Gasteiger partial charge in [0.05, 0.1) is 17.9 Å². The third-order valence-electron chi connectivity index (χ3n) is 8.61. The Morgan fingerprint density at radius 3 is 2.16 bits per heavy atom. The van der Waals surface area contributed by atoms with Crippen molar-refractivity contribution in [3.63, 3.8) is 0 Å². The number of nitrogens with zero attached hydrogens (tertiary/aromatic N) is 4. The van der Waals surface area contributed by atoms with E-state index >= 15 is 0 Å². The van der Waals surface area contributed by atoms with E-state index < -0.39 is 0 Å². The summed E-state index contributed by atoms with van der Waals surface area (Å²) in [5, 5.41) is 2.99. The quantitative estimate of drug-likeness (QED) is 0.310. The summed E-state index contributed by atoms with van der Waals surface area (Å²) >= 11 is 0. The summed E-state index contributed by atoms with van der Waals surface area (Å²) in [6.45, 7) is 4.94. The zero-order chi connectivity index (χ0) is 31.2. The van der Waals surface area contributed by atoms with Gasteiger partial charge in [0, 0.05) is 49.5 Å². The number of carbonyl (C=O) groups excluding carboxylic acids is 3. The number of carbonyl (C=O) groups is 3. The summed E-state index contributed by atoms with van der Waals surface area (Å²) in [5.41, 5.74) is 5.25. The molecule has 6 rings (SSSR count). The van der Waals surface area contributed by atoms with Gasteiger partial charge < -0.3 is 24.9 Å². The van der Waals surface area contributed by atoms with Crippen molar-refractivity contribution in [1.82, 2.24) is 9.80 Å². The van der Waals surface area contributed by atoms with Crippen LogP contribution >= 0.6 is 0 Å². The first-order valence-corrected chi connectivity index (χ1v) is 15.7. The number of likely N-dealkylation sites (N-methyl/N-ethyl adjacent to an activating group) is 1. The van der Waals surface area contributed by atoms with Gasteiger partial charge in [-0.05, 0) is 80.0 Å². The van der Waals surface area contributed by atoms with Crippen molar-refractivity contribution in [1.29, 1.82) is 0 Å². The van der Waals surface area contributed by atoms with Gasteiger partial charge in [-0.3, -0.25) is 14.4 Å². The molecule has 0 aliphatic carbocycles. The van der Waals surface area contributed by atoms with Crippen LogP contribution in [0.2, 0.25) is 0 Å². The number of fused-ring (bicyclic) bond motifs is 1. The lowest BCUT2D eigenvalue weighted by Crippen LogP contribution is -2.42. The van der Waals surface area contributed by atoms with E-state index in [2.05, 4.69) is 22.2 Å². The van der Waals surface area contributed by atoms with Crippen LogP contribution in [0.3, 0.4) is 0 Å². The zero-order valence-electron chi connectivity index (χ0n) is 25.7. The Morgan fingerprint density at radius 1 is 0.667 bits per heavy atom. The van der Waals surface area contributed by atoms with Crippen LogP contribution in [0.15, 0.2) is 103 Å². The van der Waals surface area contributed by atoms with Crippen molar-refractivity contribution in [2.24, 2.45) is 0 Å². The Labute approximate surface area is 264 Å². The van der Waals surface area contributed by atoms with Crippen molar-refractivity contribution in [2.45, 2.75) is 12.8 Å². The van der Waals surface area contributed by atoms with Crippen molar-refractivity contribution in [3.05, 3.63) is 114 Å². The van der Waals surface area contributed by atoms with Crippen LogP contribution in [-0.2, 0) is 4.79 Å². The summed E-state index contributed by atoms with van der Waals surface area (Å²) in [6.07, 6.45) is 1.72. The molecule has 3 amide bonds. The van der Waals surface area contributed by atoms with E-state index in [1.54, 1.807) is 24.3 Å². The molecule has 8 nitrogen and oxygen atoms in total. The van der Waals surface area contributed by atoms with E-state index in [0.29, 0.717) is 36.4 Å². The highest BCUT2D eigenvalue weighted by Gasteiger charge is 2.28. The van der Waals surface area contributed by atoms with Crippen LogP contribution in [0.1, 0.15) is 33.6 Å². The summed E-state index contributed by atoms with van der Waals surface area (Å²) in [5.74, 6) is -0.195.